The molecule has 1 N–H and O–H groups in total. The van der Waals surface area contributed by atoms with Gasteiger partial charge in [0.15, 0.2) is 6.29 Å². The minimum absolute atomic E-state index is 0.0773. The molecule has 0 saturated carbocycles. The maximum Gasteiger partial charge on any atom is 0.219 e. The van der Waals surface area contributed by atoms with E-state index in [1.165, 1.54) is 18.2 Å². The number of nitrogens with zero attached hydrogens (tertiary/aromatic N) is 4. The van der Waals surface area contributed by atoms with E-state index in [1.54, 1.807) is 0 Å². The highest BCUT2D eigenvalue weighted by Gasteiger charge is 2.19. The molecule has 3 rings (SSSR count). The fourth-order valence-corrected chi connectivity index (χ4v) is 2.38. The van der Waals surface area contributed by atoms with Crippen LogP contribution >= 0.6 is 0 Å². The van der Waals surface area contributed by atoms with Crippen LogP contribution in [0.15, 0.2) is 36.9 Å². The van der Waals surface area contributed by atoms with E-state index >= 15 is 0 Å². The number of aldehydes is 1. The van der Waals surface area contributed by atoms with Crippen LogP contribution in [-0.4, -0.2) is 30.9 Å². The number of imidazole rings is 1. The van der Waals surface area contributed by atoms with E-state index in [-0.39, 0.29) is 34.4 Å². The minimum Gasteiger partial charge on any atom is -0.507 e. The van der Waals surface area contributed by atoms with Crippen molar-refractivity contribution in [3.8, 4) is 17.3 Å². The van der Waals surface area contributed by atoms with Gasteiger partial charge in [0.05, 0.1) is 20.1 Å². The van der Waals surface area contributed by atoms with Crippen LogP contribution < -0.4 is 4.74 Å². The van der Waals surface area contributed by atoms with Gasteiger partial charge in [0.1, 0.15) is 36.0 Å². The molecule has 3 aromatic rings. The van der Waals surface area contributed by atoms with Crippen LogP contribution in [0.5, 0.6) is 11.5 Å². The van der Waals surface area contributed by atoms with Crippen molar-refractivity contribution in [2.24, 2.45) is 0 Å². The van der Waals surface area contributed by atoms with Gasteiger partial charge in [-0.1, -0.05) is 19.9 Å². The molecule has 2 heterocycles. The molecule has 0 saturated heterocycles. The first-order valence-electron chi connectivity index (χ1n) is 8.76. The summed E-state index contributed by atoms with van der Waals surface area (Å²) in [5.74, 6) is -1.14. The summed E-state index contributed by atoms with van der Waals surface area (Å²) in [5, 5.41) is 9.78. The lowest BCUT2D eigenvalue weighted by atomic mass is 10.2. The van der Waals surface area contributed by atoms with Gasteiger partial charge in [-0.05, 0) is 12.1 Å². The zero-order chi connectivity index (χ0) is 20.5. The van der Waals surface area contributed by atoms with Crippen molar-refractivity contribution >= 4 is 6.29 Å². The third-order valence-corrected chi connectivity index (χ3v) is 3.60. The molecule has 1 aromatic carbocycles. The van der Waals surface area contributed by atoms with E-state index in [0.717, 1.165) is 23.3 Å². The van der Waals surface area contributed by atoms with Crippen molar-refractivity contribution in [3.63, 3.8) is 0 Å². The molecule has 8 heteroatoms. The lowest BCUT2D eigenvalue weighted by Gasteiger charge is -2.15. The summed E-state index contributed by atoms with van der Waals surface area (Å²) in [6, 6.07) is 4.02. The monoisotopic (exact) mass is 358 g/mol. The molecule has 7 nitrogen and oxygen atoms in total. The quantitative estimate of drug-likeness (QED) is 0.681. The SMILES string of the molecule is [2H]C([2H])(Oc1cccc(O)c1C=O)c1cncnc1-n1c(F)cnc1C(C)C. The Morgan fingerprint density at radius 2 is 2.19 bits per heavy atom. The predicted octanol–water partition coefficient (Wildman–Crippen LogP) is 3.02. The van der Waals surface area contributed by atoms with Crippen molar-refractivity contribution in [3.05, 3.63) is 59.8 Å². The van der Waals surface area contributed by atoms with Gasteiger partial charge in [0.2, 0.25) is 5.95 Å². The molecule has 0 amide bonds. The first-order valence-corrected chi connectivity index (χ1v) is 7.76. The van der Waals surface area contributed by atoms with Gasteiger partial charge in [-0.3, -0.25) is 9.36 Å². The molecule has 0 radical (unpaired) electrons. The summed E-state index contributed by atoms with van der Waals surface area (Å²) in [6.07, 6.45) is 3.70. The molecular weight excluding hydrogens is 339 g/mol. The third-order valence-electron chi connectivity index (χ3n) is 3.60. The molecule has 0 aliphatic carbocycles. The Morgan fingerprint density at radius 1 is 1.38 bits per heavy atom. The number of phenolic OH excluding ortho intramolecular Hbond substituents is 1. The molecule has 0 aliphatic heterocycles. The summed E-state index contributed by atoms with van der Waals surface area (Å²) in [4.78, 5) is 23.1. The standard InChI is InChI=1S/C18H17FN4O3/c1-11(2)17-21-7-16(19)23(17)18-12(6-20-10-22-18)9-26-15-5-3-4-14(25)13(15)8-24/h3-8,10-11,25H,9H2,1-2H3/i9D2. The van der Waals surface area contributed by atoms with Gasteiger partial charge < -0.3 is 9.84 Å². The summed E-state index contributed by atoms with van der Waals surface area (Å²) >= 11 is 0. The Hall–Kier alpha value is -3.29. The smallest absolute Gasteiger partial charge is 0.219 e. The molecule has 0 atom stereocenters. The maximum atomic E-state index is 14.4. The second-order valence-corrected chi connectivity index (χ2v) is 5.70. The van der Waals surface area contributed by atoms with E-state index in [0.29, 0.717) is 12.1 Å². The average Bonchev–Trinajstić information content (AvgIpc) is 3.03. The zero-order valence-electron chi connectivity index (χ0n) is 16.0. The van der Waals surface area contributed by atoms with Gasteiger partial charge in [0, 0.05) is 12.1 Å². The average molecular weight is 358 g/mol. The number of hydrogen-bond donors (Lipinski definition) is 1. The van der Waals surface area contributed by atoms with Crippen LogP contribution in [0.3, 0.4) is 0 Å². The molecule has 0 fully saturated rings. The second-order valence-electron chi connectivity index (χ2n) is 5.70. The minimum atomic E-state index is -2.55. The Morgan fingerprint density at radius 3 is 2.92 bits per heavy atom. The van der Waals surface area contributed by atoms with E-state index in [2.05, 4.69) is 15.0 Å². The number of carbonyl (C=O) groups is 1. The lowest BCUT2D eigenvalue weighted by Crippen LogP contribution is -2.12. The zero-order valence-corrected chi connectivity index (χ0v) is 14.0. The van der Waals surface area contributed by atoms with Crippen LogP contribution in [0.4, 0.5) is 4.39 Å². The van der Waals surface area contributed by atoms with Gasteiger partial charge >= 0.3 is 0 Å². The molecule has 0 aliphatic rings. The summed E-state index contributed by atoms with van der Waals surface area (Å²) in [7, 11) is 0. The van der Waals surface area contributed by atoms with Crippen molar-refractivity contribution in [2.75, 3.05) is 0 Å². The fraction of sp³-hybridized carbons (Fsp3) is 0.222. The Balaban J connectivity index is 2.12. The number of ether oxygens (including phenoxy) is 1. The maximum absolute atomic E-state index is 14.4. The van der Waals surface area contributed by atoms with Crippen LogP contribution in [0.1, 0.15) is 44.3 Å². The lowest BCUT2D eigenvalue weighted by molar-refractivity contribution is 0.111. The number of aromatic nitrogens is 4. The Labute approximate surface area is 151 Å². The van der Waals surface area contributed by atoms with E-state index < -0.39 is 12.5 Å². The highest BCUT2D eigenvalue weighted by Crippen LogP contribution is 2.27. The molecule has 0 spiro atoms. The van der Waals surface area contributed by atoms with Gasteiger partial charge in [-0.2, -0.15) is 4.39 Å². The highest BCUT2D eigenvalue weighted by molar-refractivity contribution is 5.83. The molecule has 0 unspecified atom stereocenters. The van der Waals surface area contributed by atoms with Crippen LogP contribution in [-0.2, 0) is 6.56 Å². The van der Waals surface area contributed by atoms with Gasteiger partial charge in [0.25, 0.3) is 0 Å². The number of rotatable bonds is 6. The van der Waals surface area contributed by atoms with E-state index in [9.17, 15) is 14.3 Å². The van der Waals surface area contributed by atoms with Crippen LogP contribution in [0, 0.1) is 5.95 Å². The number of hydrogen-bond acceptors (Lipinski definition) is 6. The van der Waals surface area contributed by atoms with Gasteiger partial charge in [-0.15, -0.1) is 0 Å². The van der Waals surface area contributed by atoms with Crippen molar-refractivity contribution in [1.82, 2.24) is 19.5 Å². The number of benzene rings is 1. The largest absolute Gasteiger partial charge is 0.507 e. The normalized spacial score (nSPS) is 12.6. The summed E-state index contributed by atoms with van der Waals surface area (Å²) < 4.78 is 37.6. The second kappa shape index (κ2) is 7.30. The van der Waals surface area contributed by atoms with Crippen LogP contribution in [0.2, 0.25) is 0 Å². The number of phenols is 1. The number of carbonyl (C=O) groups excluding carboxylic acids is 1. The molecule has 0 bridgehead atoms. The fourth-order valence-electron chi connectivity index (χ4n) is 2.38. The van der Waals surface area contributed by atoms with Crippen molar-refractivity contribution < 1.29 is 21.8 Å². The van der Waals surface area contributed by atoms with Gasteiger partial charge in [-0.25, -0.2) is 15.0 Å². The Bertz CT molecular complexity index is 1020. The molecular formula is C18H17FN4O3. The molecule has 134 valence electrons. The van der Waals surface area contributed by atoms with Crippen molar-refractivity contribution in [2.45, 2.75) is 26.3 Å². The summed E-state index contributed by atoms with van der Waals surface area (Å²) in [6.45, 7) is 1.08. The summed E-state index contributed by atoms with van der Waals surface area (Å²) in [5.41, 5.74) is -0.379. The first-order chi connectivity index (χ1) is 13.3. The topological polar surface area (TPSA) is 90.1 Å². The Kier molecular flexibility index (Phi) is 4.21. The third kappa shape index (κ3) is 3.26. The van der Waals surface area contributed by atoms with Crippen molar-refractivity contribution in [1.29, 1.82) is 0 Å². The predicted molar refractivity (Wildman–Crippen MR) is 91.0 cm³/mol. The van der Waals surface area contributed by atoms with Crippen LogP contribution in [0.25, 0.3) is 5.82 Å². The first kappa shape index (κ1) is 15.0. The number of aromatic hydroxyl groups is 1. The molecule has 26 heavy (non-hydrogen) atoms. The highest BCUT2D eigenvalue weighted by atomic mass is 19.1. The number of halogens is 1. The van der Waals surface area contributed by atoms with E-state index in [4.69, 9.17) is 7.48 Å². The van der Waals surface area contributed by atoms with E-state index in [1.807, 2.05) is 13.8 Å². The molecule has 2 aromatic heterocycles.